The molecular formula is C24H30N2O5S. The minimum Gasteiger partial charge on any atom is -0.462 e. The van der Waals surface area contributed by atoms with E-state index in [0.717, 1.165) is 16.7 Å². The summed E-state index contributed by atoms with van der Waals surface area (Å²) in [5.74, 6) is -1.10. The first kappa shape index (κ1) is 23.9. The number of carbonyl (C=O) groups excluding carboxylic acids is 2. The lowest BCUT2D eigenvalue weighted by atomic mass is 9.98. The molecule has 2 aromatic rings. The zero-order chi connectivity index (χ0) is 23.5. The number of amides is 1. The van der Waals surface area contributed by atoms with Gasteiger partial charge in [0.1, 0.15) is 0 Å². The van der Waals surface area contributed by atoms with Crippen LogP contribution in [0.5, 0.6) is 0 Å². The third-order valence-electron chi connectivity index (χ3n) is 5.62. The Bertz CT molecular complexity index is 1090. The van der Waals surface area contributed by atoms with Crippen molar-refractivity contribution in [2.24, 2.45) is 5.92 Å². The van der Waals surface area contributed by atoms with Crippen LogP contribution in [0, 0.1) is 26.7 Å². The summed E-state index contributed by atoms with van der Waals surface area (Å²) in [6.45, 7) is 8.12. The van der Waals surface area contributed by atoms with Gasteiger partial charge in [-0.2, -0.15) is 4.31 Å². The van der Waals surface area contributed by atoms with Crippen molar-refractivity contribution in [2.75, 3.05) is 25.0 Å². The highest BCUT2D eigenvalue weighted by atomic mass is 32.2. The Kier molecular flexibility index (Phi) is 7.36. The summed E-state index contributed by atoms with van der Waals surface area (Å²) in [7, 11) is -3.70. The fraction of sp³-hybridized carbons (Fsp3) is 0.417. The zero-order valence-corrected chi connectivity index (χ0v) is 19.8. The van der Waals surface area contributed by atoms with Gasteiger partial charge in [0.05, 0.1) is 23.0 Å². The molecule has 1 N–H and O–H groups in total. The second-order valence-corrected chi connectivity index (χ2v) is 10.1. The average molecular weight is 459 g/mol. The van der Waals surface area contributed by atoms with Crippen molar-refractivity contribution in [1.29, 1.82) is 0 Å². The predicted octanol–water partition coefficient (Wildman–Crippen LogP) is 3.83. The van der Waals surface area contributed by atoms with E-state index in [0.29, 0.717) is 42.1 Å². The van der Waals surface area contributed by atoms with E-state index in [1.807, 2.05) is 19.1 Å². The van der Waals surface area contributed by atoms with Crippen LogP contribution in [0.4, 0.5) is 5.69 Å². The van der Waals surface area contributed by atoms with E-state index in [1.54, 1.807) is 45.0 Å². The SMILES string of the molecule is CCOC(=O)c1ccc(NC(=O)[C@@H]2CCCN(S(=O)(=O)c3c(C)cc(C)cc3C)C2)cc1. The number of esters is 1. The Morgan fingerprint density at radius 3 is 2.31 bits per heavy atom. The van der Waals surface area contributed by atoms with E-state index in [-0.39, 0.29) is 12.5 Å². The van der Waals surface area contributed by atoms with Crippen molar-refractivity contribution in [2.45, 2.75) is 45.4 Å². The predicted molar refractivity (Wildman–Crippen MR) is 123 cm³/mol. The highest BCUT2D eigenvalue weighted by molar-refractivity contribution is 7.89. The number of carbonyl (C=O) groups is 2. The van der Waals surface area contributed by atoms with Crippen LogP contribution in [0.1, 0.15) is 46.8 Å². The van der Waals surface area contributed by atoms with Crippen molar-refractivity contribution in [1.82, 2.24) is 4.31 Å². The number of hydrogen-bond acceptors (Lipinski definition) is 5. The van der Waals surface area contributed by atoms with Crippen molar-refractivity contribution in [3.63, 3.8) is 0 Å². The van der Waals surface area contributed by atoms with Crippen LogP contribution in [-0.4, -0.2) is 44.3 Å². The van der Waals surface area contributed by atoms with Crippen molar-refractivity contribution in [3.8, 4) is 0 Å². The van der Waals surface area contributed by atoms with Crippen molar-refractivity contribution in [3.05, 3.63) is 58.7 Å². The number of piperidine rings is 1. The van der Waals surface area contributed by atoms with Gasteiger partial charge in [-0.15, -0.1) is 0 Å². The molecule has 3 rings (SSSR count). The van der Waals surface area contributed by atoms with Gasteiger partial charge in [-0.3, -0.25) is 4.79 Å². The molecule has 1 aliphatic rings. The Balaban J connectivity index is 1.72. The van der Waals surface area contributed by atoms with Crippen LogP contribution in [0.2, 0.25) is 0 Å². The molecule has 0 aromatic heterocycles. The Hall–Kier alpha value is -2.71. The van der Waals surface area contributed by atoms with E-state index in [9.17, 15) is 18.0 Å². The van der Waals surface area contributed by atoms with Gasteiger partial charge in [-0.25, -0.2) is 13.2 Å². The molecule has 1 heterocycles. The number of aryl methyl sites for hydroxylation is 3. The third kappa shape index (κ3) is 5.19. The molecule has 1 amide bonds. The summed E-state index contributed by atoms with van der Waals surface area (Å²) in [5.41, 5.74) is 3.41. The lowest BCUT2D eigenvalue weighted by Gasteiger charge is -2.32. The molecule has 32 heavy (non-hydrogen) atoms. The first-order chi connectivity index (χ1) is 15.1. The Labute approximate surface area is 189 Å². The molecule has 172 valence electrons. The maximum absolute atomic E-state index is 13.4. The minimum absolute atomic E-state index is 0.141. The highest BCUT2D eigenvalue weighted by Crippen LogP contribution is 2.29. The molecular weight excluding hydrogens is 428 g/mol. The number of nitrogens with one attached hydrogen (secondary N) is 1. The van der Waals surface area contributed by atoms with Crippen molar-refractivity contribution < 1.29 is 22.7 Å². The van der Waals surface area contributed by atoms with E-state index in [4.69, 9.17) is 4.74 Å². The minimum atomic E-state index is -3.70. The van der Waals surface area contributed by atoms with Gasteiger partial charge in [-0.05, 0) is 75.9 Å². The maximum atomic E-state index is 13.4. The normalized spacial score (nSPS) is 17.1. The Morgan fingerprint density at radius 1 is 1.09 bits per heavy atom. The van der Waals surface area contributed by atoms with Gasteiger partial charge < -0.3 is 10.1 Å². The number of anilines is 1. The van der Waals surface area contributed by atoms with Crippen LogP contribution in [0.15, 0.2) is 41.3 Å². The molecule has 7 nitrogen and oxygen atoms in total. The molecule has 0 unspecified atom stereocenters. The molecule has 0 bridgehead atoms. The molecule has 1 aliphatic heterocycles. The van der Waals surface area contributed by atoms with Gasteiger partial charge in [0.25, 0.3) is 0 Å². The smallest absolute Gasteiger partial charge is 0.338 e. The summed E-state index contributed by atoms with van der Waals surface area (Å²) >= 11 is 0. The average Bonchev–Trinajstić information content (AvgIpc) is 2.73. The topological polar surface area (TPSA) is 92.8 Å². The van der Waals surface area contributed by atoms with E-state index in [2.05, 4.69) is 5.32 Å². The van der Waals surface area contributed by atoms with Crippen LogP contribution < -0.4 is 5.32 Å². The molecule has 0 saturated carbocycles. The number of sulfonamides is 1. The standard InChI is InChI=1S/C24H30N2O5S/c1-5-31-24(28)19-8-10-21(11-9-19)25-23(27)20-7-6-12-26(15-20)32(29,30)22-17(3)13-16(2)14-18(22)4/h8-11,13-14,20H,5-7,12,15H2,1-4H3,(H,25,27)/t20-/m1/s1. The van der Waals surface area contributed by atoms with Crippen molar-refractivity contribution >= 4 is 27.6 Å². The lowest BCUT2D eigenvalue weighted by Crippen LogP contribution is -2.44. The summed E-state index contributed by atoms with van der Waals surface area (Å²) in [4.78, 5) is 25.0. The fourth-order valence-electron chi connectivity index (χ4n) is 4.23. The summed E-state index contributed by atoms with van der Waals surface area (Å²) in [6, 6.07) is 10.2. The molecule has 1 saturated heterocycles. The summed E-state index contributed by atoms with van der Waals surface area (Å²) in [5, 5.41) is 2.84. The van der Waals surface area contributed by atoms with Crippen LogP contribution in [0.3, 0.4) is 0 Å². The number of ether oxygens (including phenoxy) is 1. The molecule has 0 aliphatic carbocycles. The Morgan fingerprint density at radius 2 is 1.72 bits per heavy atom. The highest BCUT2D eigenvalue weighted by Gasteiger charge is 2.34. The lowest BCUT2D eigenvalue weighted by molar-refractivity contribution is -0.120. The molecule has 1 atom stereocenters. The molecule has 0 spiro atoms. The van der Waals surface area contributed by atoms with E-state index in [1.165, 1.54) is 4.31 Å². The van der Waals surface area contributed by atoms with Crippen LogP contribution in [-0.2, 0) is 19.6 Å². The molecule has 8 heteroatoms. The molecule has 1 fully saturated rings. The zero-order valence-electron chi connectivity index (χ0n) is 19.0. The monoisotopic (exact) mass is 458 g/mol. The fourth-order valence-corrected chi connectivity index (χ4v) is 6.16. The third-order valence-corrected chi connectivity index (χ3v) is 7.79. The number of nitrogens with zero attached hydrogens (tertiary/aromatic N) is 1. The first-order valence-electron chi connectivity index (χ1n) is 10.8. The molecule has 2 aromatic carbocycles. The number of benzene rings is 2. The largest absolute Gasteiger partial charge is 0.462 e. The van der Waals surface area contributed by atoms with Crippen LogP contribution >= 0.6 is 0 Å². The quantitative estimate of drug-likeness (QED) is 0.664. The number of rotatable bonds is 6. The van der Waals surface area contributed by atoms with E-state index >= 15 is 0 Å². The van der Waals surface area contributed by atoms with Gasteiger partial charge >= 0.3 is 5.97 Å². The van der Waals surface area contributed by atoms with Gasteiger partial charge in [-0.1, -0.05) is 17.7 Å². The van der Waals surface area contributed by atoms with Gasteiger partial charge in [0.15, 0.2) is 0 Å². The van der Waals surface area contributed by atoms with Gasteiger partial charge in [0, 0.05) is 18.8 Å². The van der Waals surface area contributed by atoms with E-state index < -0.39 is 21.9 Å². The van der Waals surface area contributed by atoms with Crippen LogP contribution in [0.25, 0.3) is 0 Å². The summed E-state index contributed by atoms with van der Waals surface area (Å²) in [6.07, 6.45) is 1.23. The number of hydrogen-bond donors (Lipinski definition) is 1. The second kappa shape index (κ2) is 9.83. The van der Waals surface area contributed by atoms with Gasteiger partial charge in [0.2, 0.25) is 15.9 Å². The summed E-state index contributed by atoms with van der Waals surface area (Å²) < 4.78 is 33.1. The maximum Gasteiger partial charge on any atom is 0.338 e. The second-order valence-electron chi connectivity index (χ2n) is 8.22. The first-order valence-corrected chi connectivity index (χ1v) is 12.2. The molecule has 0 radical (unpaired) electrons.